The van der Waals surface area contributed by atoms with Crippen LogP contribution in [-0.4, -0.2) is 50.8 Å². The third-order valence-corrected chi connectivity index (χ3v) is 5.17. The van der Waals surface area contributed by atoms with Crippen molar-refractivity contribution < 1.29 is 19.4 Å². The number of aryl methyl sites for hydroxylation is 1. The van der Waals surface area contributed by atoms with Gasteiger partial charge in [-0.25, -0.2) is 14.6 Å². The fourth-order valence-corrected chi connectivity index (χ4v) is 3.43. The molecule has 0 aliphatic carbocycles. The zero-order valence-electron chi connectivity index (χ0n) is 20.0. The van der Waals surface area contributed by atoms with Crippen molar-refractivity contribution in [3.05, 3.63) is 82.5 Å². The number of alkyl carbamates (subject to hydrolysis) is 1. The number of nitrogens with zero attached hydrogens (tertiary/aromatic N) is 3. The molecule has 0 aliphatic rings. The summed E-state index contributed by atoms with van der Waals surface area (Å²) in [6, 6.07) is 13.9. The van der Waals surface area contributed by atoms with Gasteiger partial charge in [0.05, 0.1) is 12.5 Å². The summed E-state index contributed by atoms with van der Waals surface area (Å²) in [7, 11) is 0. The van der Waals surface area contributed by atoms with E-state index in [4.69, 9.17) is 4.74 Å². The van der Waals surface area contributed by atoms with Crippen LogP contribution in [0.25, 0.3) is 0 Å². The Morgan fingerprint density at radius 1 is 1.08 bits per heavy atom. The quantitative estimate of drug-likeness (QED) is 0.263. The number of aliphatic carboxylic acids is 1. The number of benzene rings is 1. The maximum Gasteiger partial charge on any atom is 0.407 e. The van der Waals surface area contributed by atoms with E-state index in [1.165, 1.54) is 4.57 Å². The molecular formula is C25H30N6O5. The van der Waals surface area contributed by atoms with Crippen molar-refractivity contribution in [2.24, 2.45) is 0 Å². The molecule has 11 nitrogen and oxygen atoms in total. The number of nitrogens with one attached hydrogen (secondary N) is 3. The van der Waals surface area contributed by atoms with E-state index in [2.05, 4.69) is 25.9 Å². The number of carboxylic acid groups (broad SMARTS) is 1. The number of hydrogen-bond acceptors (Lipinski definition) is 8. The highest BCUT2D eigenvalue weighted by Gasteiger charge is 2.19. The van der Waals surface area contributed by atoms with Gasteiger partial charge in [-0.15, -0.1) is 0 Å². The number of hydrogen-bond donors (Lipinski definition) is 4. The second kappa shape index (κ2) is 13.5. The van der Waals surface area contributed by atoms with Gasteiger partial charge in [-0.2, -0.15) is 4.98 Å². The molecule has 2 heterocycles. The average molecular weight is 495 g/mol. The van der Waals surface area contributed by atoms with Gasteiger partial charge in [0.15, 0.2) is 0 Å². The number of ether oxygens (including phenoxy) is 1. The minimum atomic E-state index is -1.11. The molecule has 3 aromatic rings. The average Bonchev–Trinajstić information content (AvgIpc) is 2.86. The fraction of sp³-hybridized carbons (Fsp3) is 0.320. The summed E-state index contributed by atoms with van der Waals surface area (Å²) >= 11 is 0. The Balaban J connectivity index is 1.53. The molecule has 1 atom stereocenters. The molecule has 0 spiro atoms. The summed E-state index contributed by atoms with van der Waals surface area (Å²) in [4.78, 5) is 44.4. The summed E-state index contributed by atoms with van der Waals surface area (Å²) in [5, 5.41) is 18.1. The summed E-state index contributed by atoms with van der Waals surface area (Å²) in [5.74, 6) is 0.140. The third-order valence-electron chi connectivity index (χ3n) is 5.17. The van der Waals surface area contributed by atoms with Gasteiger partial charge in [-0.05, 0) is 31.0 Å². The number of aromatic nitrogens is 3. The first-order valence-electron chi connectivity index (χ1n) is 11.6. The standard InChI is InChI=1S/C25H30N6O5/c1-18-15-31(24(34)30-23(18)28-13-7-12-27-21-10-5-6-11-26-21)16-20(14-22(32)33)29-25(35)36-17-19-8-3-2-4-9-19/h2-6,8-11,15,20H,7,12-14,16-17H2,1H3,(H,26,27)(H,29,35)(H,32,33)(H,28,30,34). The number of carbonyl (C=O) groups is 2. The normalized spacial score (nSPS) is 11.4. The van der Waals surface area contributed by atoms with Crippen LogP contribution in [0.2, 0.25) is 0 Å². The van der Waals surface area contributed by atoms with Gasteiger partial charge in [0.2, 0.25) is 0 Å². The number of carbonyl (C=O) groups excluding carboxylic acids is 1. The lowest BCUT2D eigenvalue weighted by Crippen LogP contribution is -2.42. The van der Waals surface area contributed by atoms with Crippen LogP contribution in [0, 0.1) is 6.92 Å². The van der Waals surface area contributed by atoms with Gasteiger partial charge in [0.25, 0.3) is 0 Å². The molecule has 1 aromatic carbocycles. The lowest BCUT2D eigenvalue weighted by molar-refractivity contribution is -0.137. The van der Waals surface area contributed by atoms with Crippen molar-refractivity contribution in [2.75, 3.05) is 23.7 Å². The number of pyridine rings is 1. The molecule has 2 aromatic heterocycles. The van der Waals surface area contributed by atoms with Crippen LogP contribution >= 0.6 is 0 Å². The predicted molar refractivity (Wildman–Crippen MR) is 135 cm³/mol. The largest absolute Gasteiger partial charge is 0.481 e. The van der Waals surface area contributed by atoms with E-state index in [-0.39, 0.29) is 19.6 Å². The van der Waals surface area contributed by atoms with Crippen LogP contribution < -0.4 is 21.6 Å². The maximum absolute atomic E-state index is 12.6. The van der Waals surface area contributed by atoms with Crippen molar-refractivity contribution >= 4 is 23.7 Å². The molecular weight excluding hydrogens is 464 g/mol. The first kappa shape index (κ1) is 26.2. The predicted octanol–water partition coefficient (Wildman–Crippen LogP) is 2.63. The Labute approximate surface area is 208 Å². The van der Waals surface area contributed by atoms with E-state index in [9.17, 15) is 19.5 Å². The second-order valence-corrected chi connectivity index (χ2v) is 8.13. The Kier molecular flexibility index (Phi) is 9.80. The molecule has 0 radical (unpaired) electrons. The summed E-state index contributed by atoms with van der Waals surface area (Å²) < 4.78 is 6.46. The van der Waals surface area contributed by atoms with Crippen molar-refractivity contribution in [3.63, 3.8) is 0 Å². The molecule has 36 heavy (non-hydrogen) atoms. The molecule has 0 bridgehead atoms. The van der Waals surface area contributed by atoms with Gasteiger partial charge in [0.1, 0.15) is 18.2 Å². The monoisotopic (exact) mass is 494 g/mol. The molecule has 4 N–H and O–H groups in total. The summed E-state index contributed by atoms with van der Waals surface area (Å²) in [6.45, 7) is 3.07. The Bertz CT molecular complexity index is 1190. The van der Waals surface area contributed by atoms with Gasteiger partial charge in [-0.3, -0.25) is 9.36 Å². The zero-order valence-corrected chi connectivity index (χ0v) is 20.0. The third kappa shape index (κ3) is 8.75. The van der Waals surface area contributed by atoms with Crippen LogP contribution in [-0.2, 0) is 22.7 Å². The van der Waals surface area contributed by atoms with E-state index < -0.39 is 23.8 Å². The van der Waals surface area contributed by atoms with Gasteiger partial charge >= 0.3 is 17.8 Å². The number of anilines is 2. The van der Waals surface area contributed by atoms with Crippen molar-refractivity contribution in [2.45, 2.75) is 39.0 Å². The van der Waals surface area contributed by atoms with Crippen LogP contribution in [0.5, 0.6) is 0 Å². The van der Waals surface area contributed by atoms with Crippen LogP contribution in [0.4, 0.5) is 16.4 Å². The van der Waals surface area contributed by atoms with E-state index in [1.54, 1.807) is 19.3 Å². The van der Waals surface area contributed by atoms with E-state index in [0.29, 0.717) is 24.5 Å². The van der Waals surface area contributed by atoms with Gasteiger partial charge in [0, 0.05) is 37.6 Å². The van der Waals surface area contributed by atoms with E-state index >= 15 is 0 Å². The van der Waals surface area contributed by atoms with Crippen LogP contribution in [0.15, 0.2) is 65.7 Å². The molecule has 0 saturated carbocycles. The Morgan fingerprint density at radius 2 is 1.83 bits per heavy atom. The molecule has 190 valence electrons. The lowest BCUT2D eigenvalue weighted by atomic mass is 10.2. The first-order chi connectivity index (χ1) is 17.4. The summed E-state index contributed by atoms with van der Waals surface area (Å²) in [6.07, 6.45) is 2.94. The van der Waals surface area contributed by atoms with Gasteiger partial charge in [-0.1, -0.05) is 36.4 Å². The molecule has 1 amide bonds. The molecule has 3 rings (SSSR count). The van der Waals surface area contributed by atoms with Crippen molar-refractivity contribution in [1.29, 1.82) is 0 Å². The molecule has 0 saturated heterocycles. The highest BCUT2D eigenvalue weighted by atomic mass is 16.5. The van der Waals surface area contributed by atoms with E-state index in [0.717, 1.165) is 17.8 Å². The first-order valence-corrected chi connectivity index (χ1v) is 11.6. The fourth-order valence-electron chi connectivity index (χ4n) is 3.43. The Morgan fingerprint density at radius 3 is 2.56 bits per heavy atom. The second-order valence-electron chi connectivity index (χ2n) is 8.13. The smallest absolute Gasteiger partial charge is 0.407 e. The summed E-state index contributed by atoms with van der Waals surface area (Å²) in [5.41, 5.74) is 0.964. The lowest BCUT2D eigenvalue weighted by Gasteiger charge is -2.19. The van der Waals surface area contributed by atoms with Crippen LogP contribution in [0.3, 0.4) is 0 Å². The highest BCUT2D eigenvalue weighted by Crippen LogP contribution is 2.09. The van der Waals surface area contributed by atoms with Crippen molar-refractivity contribution in [3.8, 4) is 0 Å². The topological polar surface area (TPSA) is 147 Å². The molecule has 1 unspecified atom stereocenters. The van der Waals surface area contributed by atoms with Crippen molar-refractivity contribution in [1.82, 2.24) is 19.9 Å². The highest BCUT2D eigenvalue weighted by molar-refractivity contribution is 5.71. The number of rotatable bonds is 13. The Hall–Kier alpha value is -4.41. The minimum absolute atomic E-state index is 0.0465. The maximum atomic E-state index is 12.6. The SMILES string of the molecule is Cc1cn(CC(CC(=O)O)NC(=O)OCc2ccccc2)c(=O)nc1NCCCNc1ccccn1. The molecule has 0 fully saturated rings. The van der Waals surface area contributed by atoms with Gasteiger partial charge < -0.3 is 25.8 Å². The van der Waals surface area contributed by atoms with Crippen LogP contribution in [0.1, 0.15) is 24.0 Å². The number of amides is 1. The molecule has 11 heteroatoms. The zero-order chi connectivity index (χ0) is 25.8. The number of carboxylic acids is 1. The van der Waals surface area contributed by atoms with E-state index in [1.807, 2.05) is 48.5 Å². The minimum Gasteiger partial charge on any atom is -0.481 e. The molecule has 0 aliphatic heterocycles.